The van der Waals surface area contributed by atoms with Gasteiger partial charge in [-0.05, 0) is 52.6 Å². The molecule has 0 saturated heterocycles. The van der Waals surface area contributed by atoms with Crippen molar-refractivity contribution in [1.29, 1.82) is 0 Å². The highest BCUT2D eigenvalue weighted by Crippen LogP contribution is 2.46. The Morgan fingerprint density at radius 2 is 1.80 bits per heavy atom. The summed E-state index contributed by atoms with van der Waals surface area (Å²) in [7, 11) is 0. The first-order valence-corrected chi connectivity index (χ1v) is 10.9. The normalized spacial score (nSPS) is 18.2. The first-order chi connectivity index (χ1) is 14.8. The predicted octanol–water partition coefficient (Wildman–Crippen LogP) is 6.75. The molecule has 0 radical (unpaired) electrons. The molecule has 0 amide bonds. The van der Waals surface area contributed by atoms with Crippen LogP contribution in [0.5, 0.6) is 0 Å². The molecule has 1 heterocycles. The fraction of sp³-hybridized carbons (Fsp3) is 0.0769. The molecule has 4 heteroatoms. The van der Waals surface area contributed by atoms with Gasteiger partial charge in [0, 0.05) is 16.0 Å². The van der Waals surface area contributed by atoms with Crippen LogP contribution in [-0.4, -0.2) is 15.0 Å². The molecule has 2 aliphatic carbocycles. The summed E-state index contributed by atoms with van der Waals surface area (Å²) in [5.74, 6) is 0.314. The minimum atomic E-state index is 0.314. The van der Waals surface area contributed by atoms with Gasteiger partial charge >= 0.3 is 0 Å². The van der Waals surface area contributed by atoms with Gasteiger partial charge in [-0.15, -0.1) is 5.10 Å². The third-order valence-corrected chi connectivity index (χ3v) is 6.67. The molecule has 0 N–H and O–H groups in total. The van der Waals surface area contributed by atoms with Crippen LogP contribution >= 0.6 is 15.9 Å². The van der Waals surface area contributed by atoms with Crippen LogP contribution in [0.25, 0.3) is 33.1 Å². The number of aromatic nitrogens is 3. The van der Waals surface area contributed by atoms with Crippen LogP contribution < -0.4 is 0 Å². The number of para-hydroxylation sites is 1. The molecule has 0 bridgehead atoms. The second kappa shape index (κ2) is 6.92. The zero-order valence-corrected chi connectivity index (χ0v) is 17.8. The Labute approximate surface area is 182 Å². The van der Waals surface area contributed by atoms with Gasteiger partial charge in [0.25, 0.3) is 0 Å². The molecule has 3 nitrogen and oxygen atoms in total. The van der Waals surface area contributed by atoms with E-state index in [4.69, 9.17) is 0 Å². The van der Waals surface area contributed by atoms with Crippen molar-refractivity contribution in [3.8, 4) is 5.69 Å². The smallest absolute Gasteiger partial charge is 0.113 e. The Hall–Kier alpha value is -3.24. The van der Waals surface area contributed by atoms with Gasteiger partial charge in [0.2, 0.25) is 0 Å². The summed E-state index contributed by atoms with van der Waals surface area (Å²) in [4.78, 5) is 0. The van der Waals surface area contributed by atoms with Crippen molar-refractivity contribution >= 4 is 43.3 Å². The second-order valence-corrected chi connectivity index (χ2v) is 8.50. The van der Waals surface area contributed by atoms with Crippen LogP contribution in [0.3, 0.4) is 0 Å². The average molecular weight is 452 g/mol. The van der Waals surface area contributed by atoms with Gasteiger partial charge in [0.05, 0.1) is 11.2 Å². The molecule has 1 atom stereocenters. The molecule has 4 aromatic rings. The van der Waals surface area contributed by atoms with E-state index in [9.17, 15) is 0 Å². The topological polar surface area (TPSA) is 30.7 Å². The predicted molar refractivity (Wildman–Crippen MR) is 127 cm³/mol. The fourth-order valence-corrected chi connectivity index (χ4v) is 5.19. The SMILES string of the molecule is BrC1=C(c2c(-n3nnc4ccccc43)ccc3ccccc23)C2CC=CC=C2C=C1. The Kier molecular flexibility index (Phi) is 4.06. The molecule has 1 unspecified atom stereocenters. The van der Waals surface area contributed by atoms with Gasteiger partial charge in [0.1, 0.15) is 5.52 Å². The molecule has 6 rings (SSSR count). The Morgan fingerprint density at radius 3 is 2.77 bits per heavy atom. The lowest BCUT2D eigenvalue weighted by Gasteiger charge is -2.29. The number of nitrogens with zero attached hydrogens (tertiary/aromatic N) is 3. The van der Waals surface area contributed by atoms with Crippen LogP contribution in [0, 0.1) is 5.92 Å². The van der Waals surface area contributed by atoms with Crippen molar-refractivity contribution in [3.05, 3.63) is 107 Å². The minimum absolute atomic E-state index is 0.314. The summed E-state index contributed by atoms with van der Waals surface area (Å²) in [5, 5.41) is 11.4. The number of benzene rings is 3. The standard InChI is InChI=1S/C26H18BrN3/c27-21-15-13-17-7-1-3-9-19(17)25(21)26-20-10-4-2-8-18(20)14-16-24(26)30-23-12-6-5-11-22(23)28-29-30/h1-8,10-16,19H,9H2. The van der Waals surface area contributed by atoms with E-state index in [1.807, 2.05) is 22.9 Å². The number of hydrogen-bond donors (Lipinski definition) is 0. The maximum absolute atomic E-state index is 4.54. The lowest BCUT2D eigenvalue weighted by Crippen LogP contribution is -2.14. The zero-order valence-electron chi connectivity index (χ0n) is 16.2. The van der Waals surface area contributed by atoms with E-state index in [1.54, 1.807) is 0 Å². The molecule has 0 saturated carbocycles. The zero-order chi connectivity index (χ0) is 20.1. The van der Waals surface area contributed by atoms with Crippen LogP contribution in [0.1, 0.15) is 12.0 Å². The highest BCUT2D eigenvalue weighted by atomic mass is 79.9. The number of halogens is 1. The van der Waals surface area contributed by atoms with Crippen molar-refractivity contribution < 1.29 is 0 Å². The summed E-state index contributed by atoms with van der Waals surface area (Å²) in [6.07, 6.45) is 12.0. The van der Waals surface area contributed by atoms with Crippen LogP contribution in [-0.2, 0) is 0 Å². The lowest BCUT2D eigenvalue weighted by atomic mass is 9.77. The third-order valence-electron chi connectivity index (χ3n) is 5.98. The Morgan fingerprint density at radius 1 is 0.933 bits per heavy atom. The molecule has 3 aromatic carbocycles. The van der Waals surface area contributed by atoms with Crippen LogP contribution in [0.2, 0.25) is 0 Å². The van der Waals surface area contributed by atoms with Crippen LogP contribution in [0.4, 0.5) is 0 Å². The molecule has 0 spiro atoms. The summed E-state index contributed by atoms with van der Waals surface area (Å²) < 4.78 is 3.10. The maximum atomic E-state index is 4.54. The van der Waals surface area contributed by atoms with Crippen molar-refractivity contribution in [1.82, 2.24) is 15.0 Å². The van der Waals surface area contributed by atoms with Gasteiger partial charge in [-0.3, -0.25) is 0 Å². The van der Waals surface area contributed by atoms with Crippen molar-refractivity contribution in [2.45, 2.75) is 6.42 Å². The first-order valence-electron chi connectivity index (χ1n) is 10.1. The molecule has 0 fully saturated rings. The van der Waals surface area contributed by atoms with Gasteiger partial charge in [-0.25, -0.2) is 4.68 Å². The van der Waals surface area contributed by atoms with E-state index < -0.39 is 0 Å². The van der Waals surface area contributed by atoms with E-state index in [-0.39, 0.29) is 0 Å². The molecular weight excluding hydrogens is 434 g/mol. The molecule has 30 heavy (non-hydrogen) atoms. The van der Waals surface area contributed by atoms with Gasteiger partial charge in [-0.2, -0.15) is 0 Å². The average Bonchev–Trinajstić information content (AvgIpc) is 3.23. The summed E-state index contributed by atoms with van der Waals surface area (Å²) >= 11 is 3.88. The number of rotatable bonds is 2. The Balaban J connectivity index is 1.71. The van der Waals surface area contributed by atoms with Gasteiger partial charge in [-0.1, -0.05) is 87.9 Å². The van der Waals surface area contributed by atoms with Crippen molar-refractivity contribution in [2.24, 2.45) is 5.92 Å². The van der Waals surface area contributed by atoms with E-state index in [2.05, 4.69) is 99.1 Å². The molecule has 2 aliphatic rings. The monoisotopic (exact) mass is 451 g/mol. The first kappa shape index (κ1) is 17.6. The van der Waals surface area contributed by atoms with Gasteiger partial charge in [0.15, 0.2) is 0 Å². The van der Waals surface area contributed by atoms with E-state index >= 15 is 0 Å². The lowest BCUT2D eigenvalue weighted by molar-refractivity contribution is 0.790. The minimum Gasteiger partial charge on any atom is -0.212 e. The summed E-state index contributed by atoms with van der Waals surface area (Å²) in [6.45, 7) is 0. The fourth-order valence-electron chi connectivity index (χ4n) is 4.59. The van der Waals surface area contributed by atoms with Gasteiger partial charge < -0.3 is 0 Å². The van der Waals surface area contributed by atoms with Crippen molar-refractivity contribution in [2.75, 3.05) is 0 Å². The van der Waals surface area contributed by atoms with E-state index in [0.717, 1.165) is 27.6 Å². The number of fused-ring (bicyclic) bond motifs is 3. The van der Waals surface area contributed by atoms with Crippen molar-refractivity contribution in [3.63, 3.8) is 0 Å². The molecule has 1 aromatic heterocycles. The largest absolute Gasteiger partial charge is 0.212 e. The summed E-state index contributed by atoms with van der Waals surface area (Å²) in [5.41, 5.74) is 6.83. The van der Waals surface area contributed by atoms with Crippen LogP contribution in [0.15, 0.2) is 101 Å². The van der Waals surface area contributed by atoms with E-state index in [1.165, 1.54) is 27.5 Å². The highest BCUT2D eigenvalue weighted by molar-refractivity contribution is 9.12. The second-order valence-electron chi connectivity index (χ2n) is 7.65. The quantitative estimate of drug-likeness (QED) is 0.337. The number of allylic oxidation sites excluding steroid dienone is 8. The van der Waals surface area contributed by atoms with E-state index in [0.29, 0.717) is 5.92 Å². The highest BCUT2D eigenvalue weighted by Gasteiger charge is 2.28. The third kappa shape index (κ3) is 2.64. The number of hydrogen-bond acceptors (Lipinski definition) is 2. The Bertz CT molecular complexity index is 1440. The molecule has 0 aliphatic heterocycles. The molecule has 144 valence electrons. The molecular formula is C26H18BrN3. The maximum Gasteiger partial charge on any atom is 0.113 e. The summed E-state index contributed by atoms with van der Waals surface area (Å²) in [6, 6.07) is 21.1.